The van der Waals surface area contributed by atoms with E-state index < -0.39 is 0 Å². The number of nitrogens with zero attached hydrogens (tertiary/aromatic N) is 1. The Labute approximate surface area is 111 Å². The Morgan fingerprint density at radius 1 is 1.06 bits per heavy atom. The van der Waals surface area contributed by atoms with Crippen molar-refractivity contribution in [2.24, 2.45) is 5.92 Å². The second-order valence-electron chi connectivity index (χ2n) is 6.75. The van der Waals surface area contributed by atoms with E-state index in [0.29, 0.717) is 0 Å². The fraction of sp³-hybridized carbons (Fsp3) is 1.00. The van der Waals surface area contributed by atoms with Gasteiger partial charge in [0.15, 0.2) is 0 Å². The van der Waals surface area contributed by atoms with Crippen molar-refractivity contribution in [3.63, 3.8) is 0 Å². The molecule has 2 saturated heterocycles. The third-order valence-corrected chi connectivity index (χ3v) is 5.35. The molecule has 0 bridgehead atoms. The maximum Gasteiger partial charge on any atom is 0.0774 e. The summed E-state index contributed by atoms with van der Waals surface area (Å²) in [7, 11) is 0. The summed E-state index contributed by atoms with van der Waals surface area (Å²) in [5.74, 6) is 0.891. The van der Waals surface area contributed by atoms with Crippen LogP contribution in [0, 0.1) is 5.92 Å². The summed E-state index contributed by atoms with van der Waals surface area (Å²) in [6.07, 6.45) is 9.90. The van der Waals surface area contributed by atoms with Gasteiger partial charge in [0.2, 0.25) is 0 Å². The van der Waals surface area contributed by atoms with Gasteiger partial charge in [-0.3, -0.25) is 0 Å². The first kappa shape index (κ1) is 12.9. The van der Waals surface area contributed by atoms with Crippen LogP contribution in [0.1, 0.15) is 51.4 Å². The van der Waals surface area contributed by atoms with E-state index in [1.54, 1.807) is 0 Å². The Hall–Kier alpha value is -0.120. The van der Waals surface area contributed by atoms with Crippen molar-refractivity contribution in [2.45, 2.75) is 63.0 Å². The van der Waals surface area contributed by atoms with Crippen LogP contribution in [0.15, 0.2) is 0 Å². The maximum atomic E-state index is 10.5. The van der Waals surface area contributed by atoms with Crippen LogP contribution < -0.4 is 5.32 Å². The van der Waals surface area contributed by atoms with Crippen molar-refractivity contribution in [3.8, 4) is 0 Å². The fourth-order valence-electron chi connectivity index (χ4n) is 4.23. The molecule has 1 atom stereocenters. The molecule has 18 heavy (non-hydrogen) atoms. The molecule has 2 aliphatic heterocycles. The summed E-state index contributed by atoms with van der Waals surface area (Å²) in [5, 5.41) is 14.1. The molecule has 1 unspecified atom stereocenters. The monoisotopic (exact) mass is 252 g/mol. The number of rotatable bonds is 3. The molecule has 1 aliphatic carbocycles. The summed E-state index contributed by atoms with van der Waals surface area (Å²) >= 11 is 0. The van der Waals surface area contributed by atoms with Crippen LogP contribution in [0.3, 0.4) is 0 Å². The zero-order valence-corrected chi connectivity index (χ0v) is 11.5. The lowest BCUT2D eigenvalue weighted by molar-refractivity contribution is -0.00129. The van der Waals surface area contributed by atoms with Gasteiger partial charge in [-0.05, 0) is 64.1 Å². The van der Waals surface area contributed by atoms with Gasteiger partial charge >= 0.3 is 0 Å². The lowest BCUT2D eigenvalue weighted by Gasteiger charge is -2.38. The lowest BCUT2D eigenvalue weighted by atomic mass is 9.88. The van der Waals surface area contributed by atoms with Crippen LogP contribution in [0.4, 0.5) is 0 Å². The van der Waals surface area contributed by atoms with Crippen LogP contribution in [-0.2, 0) is 0 Å². The Balaban J connectivity index is 1.45. The van der Waals surface area contributed by atoms with E-state index in [2.05, 4.69) is 10.2 Å². The third kappa shape index (κ3) is 2.89. The van der Waals surface area contributed by atoms with Crippen molar-refractivity contribution in [3.05, 3.63) is 0 Å². The average molecular weight is 252 g/mol. The van der Waals surface area contributed by atoms with Gasteiger partial charge in [-0.15, -0.1) is 0 Å². The zero-order chi connectivity index (χ0) is 12.4. The molecule has 3 rings (SSSR count). The smallest absolute Gasteiger partial charge is 0.0774 e. The molecule has 0 radical (unpaired) electrons. The number of β-amino-alcohol motifs (C(OH)–C–C–N with tert-alkyl or cyclic N) is 1. The Bertz CT molecular complexity index is 262. The van der Waals surface area contributed by atoms with E-state index in [1.807, 2.05) is 0 Å². The highest BCUT2D eigenvalue weighted by atomic mass is 16.3. The summed E-state index contributed by atoms with van der Waals surface area (Å²) in [4.78, 5) is 2.51. The van der Waals surface area contributed by atoms with E-state index in [4.69, 9.17) is 0 Å². The molecule has 3 nitrogen and oxygen atoms in total. The summed E-state index contributed by atoms with van der Waals surface area (Å²) in [5.41, 5.74) is -0.349. The first-order valence-electron chi connectivity index (χ1n) is 7.93. The largest absolute Gasteiger partial charge is 0.389 e. The molecule has 0 aromatic rings. The fourth-order valence-corrected chi connectivity index (χ4v) is 4.23. The van der Waals surface area contributed by atoms with Crippen LogP contribution in [0.2, 0.25) is 0 Å². The minimum atomic E-state index is -0.349. The highest BCUT2D eigenvalue weighted by Crippen LogP contribution is 2.32. The molecular formula is C15H28N2O. The van der Waals surface area contributed by atoms with Gasteiger partial charge in [0.25, 0.3) is 0 Å². The molecule has 2 N–H and O–H groups in total. The molecule has 3 heteroatoms. The summed E-state index contributed by atoms with van der Waals surface area (Å²) in [6, 6.07) is 0.793. The third-order valence-electron chi connectivity index (χ3n) is 5.35. The van der Waals surface area contributed by atoms with Gasteiger partial charge in [0, 0.05) is 12.6 Å². The van der Waals surface area contributed by atoms with Crippen molar-refractivity contribution in [1.29, 1.82) is 0 Å². The lowest BCUT2D eigenvalue weighted by Crippen LogP contribution is -2.47. The number of aliphatic hydroxyl groups is 1. The second kappa shape index (κ2) is 5.48. The molecule has 0 aromatic heterocycles. The molecule has 0 aromatic carbocycles. The van der Waals surface area contributed by atoms with Gasteiger partial charge in [-0.25, -0.2) is 0 Å². The van der Waals surface area contributed by atoms with Crippen LogP contribution in [0.5, 0.6) is 0 Å². The van der Waals surface area contributed by atoms with Crippen molar-refractivity contribution >= 4 is 0 Å². The standard InChI is InChI=1S/C15H28N2O/c18-15(7-1-2-8-15)12-17-10-5-13(6-11-17)14-4-3-9-16-14/h13-14,16,18H,1-12H2. The molecule has 0 amide bonds. The Kier molecular flexibility index (Phi) is 3.92. The molecule has 1 saturated carbocycles. The minimum absolute atomic E-state index is 0.349. The first-order chi connectivity index (χ1) is 8.75. The van der Waals surface area contributed by atoms with Gasteiger partial charge in [0.1, 0.15) is 0 Å². The first-order valence-corrected chi connectivity index (χ1v) is 7.93. The topological polar surface area (TPSA) is 35.5 Å². The quantitative estimate of drug-likeness (QED) is 0.803. The van der Waals surface area contributed by atoms with Crippen LogP contribution in [0.25, 0.3) is 0 Å². The second-order valence-corrected chi connectivity index (χ2v) is 6.75. The Morgan fingerprint density at radius 2 is 1.78 bits per heavy atom. The van der Waals surface area contributed by atoms with Crippen LogP contribution >= 0.6 is 0 Å². The van der Waals surface area contributed by atoms with Crippen molar-refractivity contribution in [1.82, 2.24) is 10.2 Å². The van der Waals surface area contributed by atoms with Gasteiger partial charge in [-0.1, -0.05) is 12.8 Å². The number of piperidine rings is 1. The highest BCUT2D eigenvalue weighted by molar-refractivity contribution is 4.90. The normalized spacial score (nSPS) is 34.2. The molecule has 2 heterocycles. The van der Waals surface area contributed by atoms with E-state index in [1.165, 1.54) is 58.2 Å². The number of nitrogens with one attached hydrogen (secondary N) is 1. The SMILES string of the molecule is OC1(CN2CCC(C3CCCN3)CC2)CCCC1. The number of hydrogen-bond donors (Lipinski definition) is 2. The number of likely N-dealkylation sites (tertiary alicyclic amines) is 1. The predicted octanol–water partition coefficient (Wildman–Crippen LogP) is 1.76. The zero-order valence-electron chi connectivity index (χ0n) is 11.5. The van der Waals surface area contributed by atoms with E-state index >= 15 is 0 Å². The van der Waals surface area contributed by atoms with Gasteiger partial charge < -0.3 is 15.3 Å². The van der Waals surface area contributed by atoms with Gasteiger partial charge in [0.05, 0.1) is 5.60 Å². The maximum absolute atomic E-state index is 10.5. The van der Waals surface area contributed by atoms with E-state index in [0.717, 1.165) is 31.3 Å². The Morgan fingerprint density at radius 3 is 2.39 bits per heavy atom. The average Bonchev–Trinajstić information content (AvgIpc) is 3.02. The van der Waals surface area contributed by atoms with Crippen LogP contribution in [-0.4, -0.2) is 47.8 Å². The van der Waals surface area contributed by atoms with Crippen molar-refractivity contribution < 1.29 is 5.11 Å². The highest BCUT2D eigenvalue weighted by Gasteiger charge is 2.35. The molecular weight excluding hydrogens is 224 g/mol. The predicted molar refractivity (Wildman–Crippen MR) is 73.6 cm³/mol. The van der Waals surface area contributed by atoms with E-state index in [-0.39, 0.29) is 5.60 Å². The molecule has 104 valence electrons. The minimum Gasteiger partial charge on any atom is -0.389 e. The van der Waals surface area contributed by atoms with Crippen molar-refractivity contribution in [2.75, 3.05) is 26.2 Å². The molecule has 3 aliphatic rings. The summed E-state index contributed by atoms with van der Waals surface area (Å²) < 4.78 is 0. The number of hydrogen-bond acceptors (Lipinski definition) is 3. The van der Waals surface area contributed by atoms with E-state index in [9.17, 15) is 5.11 Å². The van der Waals surface area contributed by atoms with Gasteiger partial charge in [-0.2, -0.15) is 0 Å². The molecule has 0 spiro atoms. The molecule has 3 fully saturated rings. The summed E-state index contributed by atoms with van der Waals surface area (Å²) in [6.45, 7) is 4.55.